The number of aromatic nitrogens is 3. The van der Waals surface area contributed by atoms with Gasteiger partial charge in [0.15, 0.2) is 11.5 Å². The highest BCUT2D eigenvalue weighted by Crippen LogP contribution is 2.30. The normalized spacial score (nSPS) is 20.3. The Morgan fingerprint density at radius 1 is 1.43 bits per heavy atom. The molecule has 2 aromatic heterocycles. The lowest BCUT2D eigenvalue weighted by Gasteiger charge is -2.20. The van der Waals surface area contributed by atoms with Crippen LogP contribution in [-0.4, -0.2) is 45.7 Å². The summed E-state index contributed by atoms with van der Waals surface area (Å²) in [7, 11) is 2.05. The van der Waals surface area contributed by atoms with Gasteiger partial charge in [0.2, 0.25) is 0 Å². The second-order valence-electron chi connectivity index (χ2n) is 5.29. The lowest BCUT2D eigenvalue weighted by Crippen LogP contribution is -2.31. The summed E-state index contributed by atoms with van der Waals surface area (Å²) in [4.78, 5) is 6.37. The molecule has 114 valence electrons. The summed E-state index contributed by atoms with van der Waals surface area (Å²) in [5.74, 6) is 0.431. The van der Waals surface area contributed by atoms with Gasteiger partial charge in [-0.1, -0.05) is 0 Å². The second-order valence-corrected chi connectivity index (χ2v) is 5.29. The first-order valence-electron chi connectivity index (χ1n) is 6.81. The first-order valence-corrected chi connectivity index (χ1v) is 6.81. The number of fused-ring (bicyclic) bond motifs is 1. The predicted octanol–water partition coefficient (Wildman–Crippen LogP) is 2.25. The molecule has 1 aliphatic heterocycles. The van der Waals surface area contributed by atoms with Crippen LogP contribution in [0.4, 0.5) is 19.0 Å². The number of hydrogen-bond acceptors (Lipinski definition) is 4. The number of nitrogens with zero attached hydrogens (tertiary/aromatic N) is 4. The van der Waals surface area contributed by atoms with Crippen molar-refractivity contribution >= 4 is 11.3 Å². The molecule has 21 heavy (non-hydrogen) atoms. The van der Waals surface area contributed by atoms with Crippen molar-refractivity contribution in [2.24, 2.45) is 0 Å². The van der Waals surface area contributed by atoms with Gasteiger partial charge in [-0.05, 0) is 26.4 Å². The van der Waals surface area contributed by atoms with Gasteiger partial charge in [-0.25, -0.2) is 9.50 Å². The molecular formula is C13H16F3N5. The van der Waals surface area contributed by atoms with E-state index in [9.17, 15) is 13.2 Å². The van der Waals surface area contributed by atoms with Crippen molar-refractivity contribution < 1.29 is 13.2 Å². The Hall–Kier alpha value is -1.83. The highest BCUT2D eigenvalue weighted by atomic mass is 19.4. The Bertz CT molecular complexity index is 636. The molecule has 0 spiro atoms. The van der Waals surface area contributed by atoms with E-state index in [0.717, 1.165) is 25.5 Å². The fourth-order valence-corrected chi connectivity index (χ4v) is 2.65. The molecule has 0 bridgehead atoms. The minimum absolute atomic E-state index is 0.338. The number of anilines is 1. The number of nitrogens with one attached hydrogen (secondary N) is 1. The van der Waals surface area contributed by atoms with E-state index in [-0.39, 0.29) is 0 Å². The van der Waals surface area contributed by atoms with Crippen molar-refractivity contribution in [3.05, 3.63) is 24.2 Å². The zero-order chi connectivity index (χ0) is 15.0. The molecule has 0 radical (unpaired) electrons. The first-order chi connectivity index (χ1) is 9.95. The summed E-state index contributed by atoms with van der Waals surface area (Å²) in [5.41, 5.74) is -0.568. The standard InChI is InChI=1S/C13H16F3N5/c1-20-5-2-3-9(20)8-18-12-10-7-11(13(14,15)16)19-21(10)6-4-17-12/h4,6-7,9H,2-3,5,8H2,1H3,(H,17,18). The van der Waals surface area contributed by atoms with E-state index in [1.807, 2.05) is 7.05 Å². The molecule has 5 nitrogen and oxygen atoms in total. The van der Waals surface area contributed by atoms with Crippen LogP contribution in [0, 0.1) is 0 Å². The van der Waals surface area contributed by atoms with E-state index in [0.29, 0.717) is 23.9 Å². The topological polar surface area (TPSA) is 45.5 Å². The van der Waals surface area contributed by atoms with E-state index in [2.05, 4.69) is 20.3 Å². The third kappa shape index (κ3) is 2.80. The molecule has 3 rings (SSSR count). The van der Waals surface area contributed by atoms with Gasteiger partial charge < -0.3 is 10.2 Å². The summed E-state index contributed by atoms with van der Waals surface area (Å²) in [5, 5.41) is 6.68. The van der Waals surface area contributed by atoms with Crippen LogP contribution in [0.2, 0.25) is 0 Å². The average Bonchev–Trinajstić information content (AvgIpc) is 3.02. The van der Waals surface area contributed by atoms with Crippen LogP contribution < -0.4 is 5.32 Å². The molecule has 1 saturated heterocycles. The van der Waals surface area contributed by atoms with Gasteiger partial charge >= 0.3 is 6.18 Å². The van der Waals surface area contributed by atoms with Gasteiger partial charge in [0, 0.05) is 31.0 Å². The van der Waals surface area contributed by atoms with E-state index in [1.54, 1.807) is 0 Å². The van der Waals surface area contributed by atoms with Gasteiger partial charge in [-0.2, -0.15) is 18.3 Å². The first kappa shape index (κ1) is 14.1. The number of alkyl halides is 3. The Balaban J connectivity index is 1.83. The number of hydrogen-bond donors (Lipinski definition) is 1. The molecule has 1 fully saturated rings. The van der Waals surface area contributed by atoms with E-state index in [4.69, 9.17) is 0 Å². The lowest BCUT2D eigenvalue weighted by atomic mass is 10.2. The summed E-state index contributed by atoms with van der Waals surface area (Å²) < 4.78 is 39.4. The molecule has 0 aliphatic carbocycles. The maximum absolute atomic E-state index is 12.7. The van der Waals surface area contributed by atoms with Crippen molar-refractivity contribution in [3.8, 4) is 0 Å². The predicted molar refractivity (Wildman–Crippen MR) is 72.1 cm³/mol. The maximum Gasteiger partial charge on any atom is 0.435 e. The van der Waals surface area contributed by atoms with Crippen LogP contribution in [0.25, 0.3) is 5.52 Å². The van der Waals surface area contributed by atoms with Gasteiger partial charge in [-0.15, -0.1) is 0 Å². The summed E-state index contributed by atoms with van der Waals surface area (Å²) >= 11 is 0. The van der Waals surface area contributed by atoms with Crippen molar-refractivity contribution in [3.63, 3.8) is 0 Å². The van der Waals surface area contributed by atoms with Crippen molar-refractivity contribution in [1.29, 1.82) is 0 Å². The van der Waals surface area contributed by atoms with Gasteiger partial charge in [0.05, 0.1) is 0 Å². The number of likely N-dealkylation sites (N-methyl/N-ethyl adjacent to an activating group) is 1. The Morgan fingerprint density at radius 3 is 2.90 bits per heavy atom. The molecule has 1 atom stereocenters. The van der Waals surface area contributed by atoms with Crippen LogP contribution in [0.3, 0.4) is 0 Å². The molecule has 0 amide bonds. The number of rotatable bonds is 3. The third-order valence-corrected chi connectivity index (χ3v) is 3.86. The zero-order valence-corrected chi connectivity index (χ0v) is 11.6. The van der Waals surface area contributed by atoms with E-state index >= 15 is 0 Å². The minimum atomic E-state index is -4.45. The van der Waals surface area contributed by atoms with Gasteiger partial charge in [-0.3, -0.25) is 0 Å². The minimum Gasteiger partial charge on any atom is -0.367 e. The monoisotopic (exact) mass is 299 g/mol. The molecule has 3 heterocycles. The third-order valence-electron chi connectivity index (χ3n) is 3.86. The van der Waals surface area contributed by atoms with Crippen LogP contribution in [0.15, 0.2) is 18.5 Å². The molecule has 1 aliphatic rings. The van der Waals surface area contributed by atoms with Crippen LogP contribution in [0.5, 0.6) is 0 Å². The van der Waals surface area contributed by atoms with Crippen LogP contribution in [0.1, 0.15) is 18.5 Å². The fourth-order valence-electron chi connectivity index (χ4n) is 2.65. The highest BCUT2D eigenvalue weighted by Gasteiger charge is 2.34. The summed E-state index contributed by atoms with van der Waals surface area (Å²) in [6, 6.07) is 1.41. The SMILES string of the molecule is CN1CCCC1CNc1nccn2nc(C(F)(F)F)cc12. The summed E-state index contributed by atoms with van der Waals surface area (Å²) in [6.45, 7) is 1.71. The molecule has 1 N–H and O–H groups in total. The van der Waals surface area contributed by atoms with E-state index in [1.165, 1.54) is 16.9 Å². The van der Waals surface area contributed by atoms with E-state index < -0.39 is 11.9 Å². The largest absolute Gasteiger partial charge is 0.435 e. The quantitative estimate of drug-likeness (QED) is 0.944. The molecule has 0 saturated carbocycles. The molecule has 8 heteroatoms. The Labute approximate surface area is 119 Å². The zero-order valence-electron chi connectivity index (χ0n) is 11.6. The fraction of sp³-hybridized carbons (Fsp3) is 0.538. The summed E-state index contributed by atoms with van der Waals surface area (Å²) in [6.07, 6.45) is 0.637. The van der Waals surface area contributed by atoms with Crippen LogP contribution in [-0.2, 0) is 6.18 Å². The molecule has 0 aromatic carbocycles. The Kier molecular flexibility index (Phi) is 3.48. The second kappa shape index (κ2) is 5.18. The molecule has 2 aromatic rings. The van der Waals surface area contributed by atoms with Crippen molar-refractivity contribution in [1.82, 2.24) is 19.5 Å². The average molecular weight is 299 g/mol. The van der Waals surface area contributed by atoms with Crippen LogP contribution >= 0.6 is 0 Å². The molecular weight excluding hydrogens is 283 g/mol. The number of likely N-dealkylation sites (tertiary alicyclic amines) is 1. The molecule has 1 unspecified atom stereocenters. The Morgan fingerprint density at radius 2 is 2.24 bits per heavy atom. The van der Waals surface area contributed by atoms with Gasteiger partial charge in [0.25, 0.3) is 0 Å². The maximum atomic E-state index is 12.7. The highest BCUT2D eigenvalue weighted by molar-refractivity contribution is 5.68. The van der Waals surface area contributed by atoms with Crippen molar-refractivity contribution in [2.75, 3.05) is 25.5 Å². The number of halogens is 3. The smallest absolute Gasteiger partial charge is 0.367 e. The van der Waals surface area contributed by atoms with Crippen molar-refractivity contribution in [2.45, 2.75) is 25.1 Å². The lowest BCUT2D eigenvalue weighted by molar-refractivity contribution is -0.141. The van der Waals surface area contributed by atoms with Gasteiger partial charge in [0.1, 0.15) is 5.52 Å².